The Morgan fingerprint density at radius 2 is 1.81 bits per heavy atom. The molecule has 0 radical (unpaired) electrons. The molecule has 1 N–H and O–H groups in total. The molecule has 3 heterocycles. The minimum absolute atomic E-state index is 0.136. The lowest BCUT2D eigenvalue weighted by atomic mass is 9.83. The van der Waals surface area contributed by atoms with Crippen LogP contribution in [0.25, 0.3) is 16.6 Å². The summed E-state index contributed by atoms with van der Waals surface area (Å²) < 4.78 is 1.47. The van der Waals surface area contributed by atoms with Gasteiger partial charge in [-0.3, -0.25) is 14.2 Å². The van der Waals surface area contributed by atoms with E-state index >= 15 is 0 Å². The van der Waals surface area contributed by atoms with Crippen molar-refractivity contribution in [3.63, 3.8) is 0 Å². The average Bonchev–Trinajstić information content (AvgIpc) is 2.83. The van der Waals surface area contributed by atoms with Gasteiger partial charge >= 0.3 is 0 Å². The van der Waals surface area contributed by atoms with E-state index in [0.29, 0.717) is 40.7 Å². The average molecular weight is 417 g/mol. The maximum absolute atomic E-state index is 13.2. The third kappa shape index (κ3) is 3.88. The van der Waals surface area contributed by atoms with E-state index in [0.717, 1.165) is 6.42 Å². The van der Waals surface area contributed by atoms with Gasteiger partial charge in [0.15, 0.2) is 0 Å². The van der Waals surface area contributed by atoms with Crippen molar-refractivity contribution in [1.29, 1.82) is 0 Å². The number of nitrogens with zero attached hydrogens (tertiary/aromatic N) is 3. The van der Waals surface area contributed by atoms with Crippen LogP contribution in [0.4, 0.5) is 0 Å². The molecule has 0 unspecified atom stereocenters. The van der Waals surface area contributed by atoms with Crippen LogP contribution in [0.2, 0.25) is 0 Å². The Bertz CT molecular complexity index is 1150. The largest absolute Gasteiger partial charge is 0.352 e. The van der Waals surface area contributed by atoms with Crippen LogP contribution in [-0.2, 0) is 0 Å². The molecule has 2 aromatic carbocycles. The summed E-state index contributed by atoms with van der Waals surface area (Å²) in [5, 5.41) is 3.71. The van der Waals surface area contributed by atoms with Crippen molar-refractivity contribution < 1.29 is 4.79 Å². The Kier molecular flexibility index (Phi) is 5.55. The lowest BCUT2D eigenvalue weighted by Gasteiger charge is -2.44. The second-order valence-electron chi connectivity index (χ2n) is 8.67. The highest BCUT2D eigenvalue weighted by Gasteiger charge is 2.33. The molecule has 3 aromatic rings. The van der Waals surface area contributed by atoms with Crippen LogP contribution in [0.3, 0.4) is 0 Å². The van der Waals surface area contributed by atoms with Gasteiger partial charge in [0.25, 0.3) is 11.5 Å². The van der Waals surface area contributed by atoms with E-state index in [9.17, 15) is 9.59 Å². The van der Waals surface area contributed by atoms with Crippen molar-refractivity contribution in [2.45, 2.75) is 38.1 Å². The molecule has 0 spiro atoms. The molecule has 2 aliphatic heterocycles. The van der Waals surface area contributed by atoms with Crippen LogP contribution >= 0.6 is 0 Å². The Morgan fingerprint density at radius 1 is 1.00 bits per heavy atom. The first-order chi connectivity index (χ1) is 15.2. The minimum Gasteiger partial charge on any atom is -0.352 e. The normalized spacial score (nSPS) is 21.5. The highest BCUT2D eigenvalue weighted by atomic mass is 16.2. The summed E-state index contributed by atoms with van der Waals surface area (Å²) in [6.45, 7) is 3.06. The first-order valence-electron chi connectivity index (χ1n) is 11.3. The monoisotopic (exact) mass is 416 g/mol. The maximum atomic E-state index is 13.2. The van der Waals surface area contributed by atoms with Gasteiger partial charge in [0.05, 0.1) is 22.2 Å². The predicted molar refractivity (Wildman–Crippen MR) is 122 cm³/mol. The molecule has 2 fully saturated rings. The van der Waals surface area contributed by atoms with Crippen molar-refractivity contribution >= 4 is 16.8 Å². The topological polar surface area (TPSA) is 67.2 Å². The zero-order chi connectivity index (χ0) is 21.2. The van der Waals surface area contributed by atoms with E-state index in [1.807, 2.05) is 30.3 Å². The van der Waals surface area contributed by atoms with Gasteiger partial charge < -0.3 is 10.2 Å². The number of carbonyl (C=O) groups excluding carboxylic acids is 1. The van der Waals surface area contributed by atoms with E-state index in [1.54, 1.807) is 18.2 Å². The molecule has 6 nitrogen and oxygen atoms in total. The number of fused-ring (bicyclic) bond motifs is 2. The quantitative estimate of drug-likeness (QED) is 0.708. The number of amides is 1. The third-order valence-corrected chi connectivity index (χ3v) is 6.83. The van der Waals surface area contributed by atoms with Gasteiger partial charge in [-0.2, -0.15) is 0 Å². The van der Waals surface area contributed by atoms with Crippen LogP contribution in [0, 0.1) is 5.92 Å². The number of hydrogen-bond donors (Lipinski definition) is 1. The first kappa shape index (κ1) is 19.9. The summed E-state index contributed by atoms with van der Waals surface area (Å²) in [5.74, 6) is 0.360. The van der Waals surface area contributed by atoms with Gasteiger partial charge in [0, 0.05) is 12.6 Å². The fourth-order valence-electron chi connectivity index (χ4n) is 5.25. The molecule has 2 atom stereocenters. The first-order valence-corrected chi connectivity index (χ1v) is 11.3. The highest BCUT2D eigenvalue weighted by Crippen LogP contribution is 2.30. The second-order valence-corrected chi connectivity index (χ2v) is 8.67. The van der Waals surface area contributed by atoms with Gasteiger partial charge in [0.2, 0.25) is 0 Å². The van der Waals surface area contributed by atoms with Crippen LogP contribution in [0.1, 0.15) is 42.5 Å². The molecule has 5 rings (SSSR count). The fraction of sp³-hybridized carbons (Fsp3) is 0.400. The van der Waals surface area contributed by atoms with Crippen molar-refractivity contribution in [3.05, 3.63) is 70.8 Å². The standard InChI is InChI=1S/C25H28N4O2/c30-24(26-16-18-8-7-15-28-14-6-5-12-22(18)28)20-10-2-4-13-23(20)29-17-27-21-11-3-1-9-19(21)25(29)31/h1-4,9-11,13,17-18,22H,5-8,12,14-16H2,(H,26,30)/t18-,22+/m0/s1. The number of nitrogens with one attached hydrogen (secondary N) is 1. The summed E-state index contributed by atoms with van der Waals surface area (Å²) in [4.78, 5) is 33.2. The van der Waals surface area contributed by atoms with Gasteiger partial charge in [-0.05, 0) is 69.0 Å². The summed E-state index contributed by atoms with van der Waals surface area (Å²) in [7, 11) is 0. The number of carbonyl (C=O) groups is 1. The number of aromatic nitrogens is 2. The molecule has 0 aliphatic carbocycles. The molecular formula is C25H28N4O2. The van der Waals surface area contributed by atoms with Crippen LogP contribution in [-0.4, -0.2) is 46.0 Å². The van der Waals surface area contributed by atoms with E-state index < -0.39 is 0 Å². The van der Waals surface area contributed by atoms with Crippen molar-refractivity contribution in [3.8, 4) is 5.69 Å². The molecule has 2 saturated heterocycles. The van der Waals surface area contributed by atoms with Gasteiger partial charge in [0.1, 0.15) is 6.33 Å². The highest BCUT2D eigenvalue weighted by molar-refractivity contribution is 5.97. The lowest BCUT2D eigenvalue weighted by Crippen LogP contribution is -2.51. The SMILES string of the molecule is O=C(NC[C@@H]1CCCN2CCCC[C@H]12)c1ccccc1-n1cnc2ccccc2c1=O. The summed E-state index contributed by atoms with van der Waals surface area (Å²) in [6, 6.07) is 15.1. The van der Waals surface area contributed by atoms with Crippen LogP contribution in [0.15, 0.2) is 59.7 Å². The molecule has 160 valence electrons. The van der Waals surface area contributed by atoms with E-state index in [-0.39, 0.29) is 11.5 Å². The smallest absolute Gasteiger partial charge is 0.265 e. The van der Waals surface area contributed by atoms with E-state index in [1.165, 1.54) is 49.7 Å². The van der Waals surface area contributed by atoms with Crippen LogP contribution in [0.5, 0.6) is 0 Å². The minimum atomic E-state index is -0.170. The number of para-hydroxylation sites is 2. The summed E-state index contributed by atoms with van der Waals surface area (Å²) in [5.41, 5.74) is 1.54. The van der Waals surface area contributed by atoms with Crippen molar-refractivity contribution in [1.82, 2.24) is 19.8 Å². The molecule has 0 saturated carbocycles. The molecule has 31 heavy (non-hydrogen) atoms. The maximum Gasteiger partial charge on any atom is 0.265 e. The van der Waals surface area contributed by atoms with Crippen molar-refractivity contribution in [2.24, 2.45) is 5.92 Å². The van der Waals surface area contributed by atoms with Crippen LogP contribution < -0.4 is 10.9 Å². The number of benzene rings is 2. The van der Waals surface area contributed by atoms with Crippen molar-refractivity contribution in [2.75, 3.05) is 19.6 Å². The second kappa shape index (κ2) is 8.63. The summed E-state index contributed by atoms with van der Waals surface area (Å²) in [6.07, 6.45) is 7.68. The number of hydrogen-bond acceptors (Lipinski definition) is 4. The Labute approximate surface area is 181 Å². The lowest BCUT2D eigenvalue weighted by molar-refractivity contribution is 0.0575. The Hall–Kier alpha value is -2.99. The predicted octanol–water partition coefficient (Wildman–Crippen LogP) is 3.38. The molecule has 1 amide bonds. The molecule has 0 bridgehead atoms. The number of piperidine rings is 2. The molecule has 2 aliphatic rings. The molecule has 1 aromatic heterocycles. The number of rotatable bonds is 4. The molecular weight excluding hydrogens is 388 g/mol. The zero-order valence-corrected chi connectivity index (χ0v) is 17.7. The van der Waals surface area contributed by atoms with Gasteiger partial charge in [-0.1, -0.05) is 30.7 Å². The fourth-order valence-corrected chi connectivity index (χ4v) is 5.25. The van der Waals surface area contributed by atoms with Gasteiger partial charge in [-0.15, -0.1) is 0 Å². The zero-order valence-electron chi connectivity index (χ0n) is 17.7. The summed E-state index contributed by atoms with van der Waals surface area (Å²) >= 11 is 0. The Balaban J connectivity index is 1.39. The van der Waals surface area contributed by atoms with E-state index in [4.69, 9.17) is 0 Å². The van der Waals surface area contributed by atoms with E-state index in [2.05, 4.69) is 15.2 Å². The Morgan fingerprint density at radius 3 is 2.74 bits per heavy atom. The molecule has 6 heteroatoms. The third-order valence-electron chi connectivity index (χ3n) is 6.83. The van der Waals surface area contributed by atoms with Gasteiger partial charge in [-0.25, -0.2) is 4.98 Å².